The first-order chi connectivity index (χ1) is 8.56. The highest BCUT2D eigenvalue weighted by Gasteiger charge is 2.16. The Balaban J connectivity index is 2.06. The first kappa shape index (κ1) is 12.8. The van der Waals surface area contributed by atoms with Gasteiger partial charge in [0.2, 0.25) is 11.8 Å². The predicted octanol–water partition coefficient (Wildman–Crippen LogP) is 2.81. The minimum absolute atomic E-state index is 0.161. The summed E-state index contributed by atoms with van der Waals surface area (Å²) in [5, 5.41) is 7.46. The molecule has 0 saturated carbocycles. The van der Waals surface area contributed by atoms with Gasteiger partial charge in [0.05, 0.1) is 17.4 Å². The van der Waals surface area contributed by atoms with Crippen LogP contribution in [-0.2, 0) is 0 Å². The van der Waals surface area contributed by atoms with Crippen molar-refractivity contribution in [3.05, 3.63) is 29.1 Å². The molecule has 2 aromatic rings. The Kier molecular flexibility index (Phi) is 3.76. The van der Waals surface area contributed by atoms with E-state index in [9.17, 15) is 0 Å². The smallest absolute Gasteiger partial charge is 0.248 e. The van der Waals surface area contributed by atoms with E-state index in [1.54, 1.807) is 0 Å². The normalized spacial score (nSPS) is 12.7. The molecule has 2 rings (SSSR count). The van der Waals surface area contributed by atoms with Crippen LogP contribution in [0.2, 0.25) is 5.02 Å². The number of nitrogens with zero attached hydrogens (tertiary/aromatic N) is 4. The van der Waals surface area contributed by atoms with Gasteiger partial charge in [0.15, 0.2) is 5.82 Å². The van der Waals surface area contributed by atoms with Crippen molar-refractivity contribution in [2.75, 3.05) is 5.32 Å². The van der Waals surface area contributed by atoms with Gasteiger partial charge in [-0.05, 0) is 6.92 Å². The first-order valence-corrected chi connectivity index (χ1v) is 6.01. The Labute approximate surface area is 110 Å². The number of nitrogens with one attached hydrogen (secondary N) is 1. The van der Waals surface area contributed by atoms with E-state index in [0.717, 1.165) is 0 Å². The number of hydrogen-bond acceptors (Lipinski definition) is 6. The van der Waals surface area contributed by atoms with Crippen LogP contribution >= 0.6 is 11.6 Å². The summed E-state index contributed by atoms with van der Waals surface area (Å²) in [6, 6.07) is -0.161. The van der Waals surface area contributed by atoms with Crippen LogP contribution < -0.4 is 5.32 Å². The van der Waals surface area contributed by atoms with Gasteiger partial charge in [0, 0.05) is 5.92 Å². The summed E-state index contributed by atoms with van der Waals surface area (Å²) < 4.78 is 5.18. The minimum atomic E-state index is -0.161. The predicted molar refractivity (Wildman–Crippen MR) is 67.5 cm³/mol. The fourth-order valence-corrected chi connectivity index (χ4v) is 1.40. The maximum atomic E-state index is 5.71. The third kappa shape index (κ3) is 2.95. The third-order valence-electron chi connectivity index (χ3n) is 2.31. The zero-order chi connectivity index (χ0) is 13.1. The molecule has 0 aliphatic carbocycles. The highest BCUT2D eigenvalue weighted by Crippen LogP contribution is 2.18. The van der Waals surface area contributed by atoms with Crippen molar-refractivity contribution in [3.8, 4) is 0 Å². The first-order valence-electron chi connectivity index (χ1n) is 5.64. The van der Waals surface area contributed by atoms with E-state index in [0.29, 0.717) is 22.7 Å². The molecule has 2 heterocycles. The second-order valence-electron chi connectivity index (χ2n) is 4.24. The molecule has 96 valence electrons. The SMILES string of the molecule is CC(C)c1noc(C(C)Nc2ncc(Cl)cn2)n1. The standard InChI is InChI=1S/C11H14ClN5O/c1-6(2)9-16-10(18-17-9)7(3)15-11-13-4-8(12)5-14-11/h4-7H,1-3H3,(H,13,14,15). The van der Waals surface area contributed by atoms with Gasteiger partial charge >= 0.3 is 0 Å². The van der Waals surface area contributed by atoms with E-state index < -0.39 is 0 Å². The Morgan fingerprint density at radius 3 is 2.44 bits per heavy atom. The largest absolute Gasteiger partial charge is 0.343 e. The van der Waals surface area contributed by atoms with Crippen LogP contribution in [0.1, 0.15) is 44.4 Å². The van der Waals surface area contributed by atoms with Gasteiger partial charge in [0.25, 0.3) is 0 Å². The van der Waals surface area contributed by atoms with Gasteiger partial charge in [-0.1, -0.05) is 30.6 Å². The van der Waals surface area contributed by atoms with E-state index in [-0.39, 0.29) is 12.0 Å². The number of hydrogen-bond donors (Lipinski definition) is 1. The zero-order valence-electron chi connectivity index (χ0n) is 10.4. The van der Waals surface area contributed by atoms with Crippen LogP contribution in [0.15, 0.2) is 16.9 Å². The summed E-state index contributed by atoms with van der Waals surface area (Å²) >= 11 is 5.71. The maximum Gasteiger partial charge on any atom is 0.248 e. The highest BCUT2D eigenvalue weighted by molar-refractivity contribution is 6.30. The third-order valence-corrected chi connectivity index (χ3v) is 2.51. The molecule has 1 N–H and O–H groups in total. The van der Waals surface area contributed by atoms with Crippen LogP contribution in [0.3, 0.4) is 0 Å². The molecule has 0 radical (unpaired) electrons. The van der Waals surface area contributed by atoms with Crippen molar-refractivity contribution in [2.24, 2.45) is 0 Å². The molecule has 18 heavy (non-hydrogen) atoms. The van der Waals surface area contributed by atoms with E-state index in [4.69, 9.17) is 16.1 Å². The van der Waals surface area contributed by atoms with Gasteiger partial charge in [-0.25, -0.2) is 9.97 Å². The molecular weight excluding hydrogens is 254 g/mol. The van der Waals surface area contributed by atoms with Crippen LogP contribution in [0.4, 0.5) is 5.95 Å². The van der Waals surface area contributed by atoms with Gasteiger partial charge in [0.1, 0.15) is 6.04 Å². The van der Waals surface area contributed by atoms with E-state index in [1.165, 1.54) is 12.4 Å². The number of halogens is 1. The Morgan fingerprint density at radius 2 is 1.89 bits per heavy atom. The van der Waals surface area contributed by atoms with Crippen molar-refractivity contribution in [3.63, 3.8) is 0 Å². The lowest BCUT2D eigenvalue weighted by molar-refractivity contribution is 0.361. The molecule has 6 nitrogen and oxygen atoms in total. The molecule has 0 aliphatic rings. The molecule has 1 unspecified atom stereocenters. The summed E-state index contributed by atoms with van der Waals surface area (Å²) in [4.78, 5) is 12.4. The van der Waals surface area contributed by atoms with Crippen molar-refractivity contribution in [1.82, 2.24) is 20.1 Å². The summed E-state index contributed by atoms with van der Waals surface area (Å²) in [6.07, 6.45) is 3.05. The lowest BCUT2D eigenvalue weighted by atomic mass is 10.2. The number of rotatable bonds is 4. The van der Waals surface area contributed by atoms with Gasteiger partial charge < -0.3 is 9.84 Å². The van der Waals surface area contributed by atoms with Crippen LogP contribution in [0, 0.1) is 0 Å². The lowest BCUT2D eigenvalue weighted by Gasteiger charge is -2.08. The fraction of sp³-hybridized carbons (Fsp3) is 0.455. The topological polar surface area (TPSA) is 76.7 Å². The van der Waals surface area contributed by atoms with Crippen molar-refractivity contribution in [1.29, 1.82) is 0 Å². The monoisotopic (exact) mass is 267 g/mol. The molecule has 0 spiro atoms. The van der Waals surface area contributed by atoms with Crippen LogP contribution in [-0.4, -0.2) is 20.1 Å². The van der Waals surface area contributed by atoms with Gasteiger partial charge in [-0.2, -0.15) is 4.98 Å². The molecule has 0 bridgehead atoms. The lowest BCUT2D eigenvalue weighted by Crippen LogP contribution is -2.09. The Bertz CT molecular complexity index is 510. The summed E-state index contributed by atoms with van der Waals surface area (Å²) in [6.45, 7) is 5.92. The molecule has 0 fully saturated rings. The summed E-state index contributed by atoms with van der Waals surface area (Å²) in [7, 11) is 0. The molecule has 0 saturated heterocycles. The summed E-state index contributed by atoms with van der Waals surface area (Å²) in [5.74, 6) is 1.91. The second-order valence-corrected chi connectivity index (χ2v) is 4.67. The zero-order valence-corrected chi connectivity index (χ0v) is 11.1. The second kappa shape index (κ2) is 5.30. The van der Waals surface area contributed by atoms with E-state index >= 15 is 0 Å². The molecule has 1 atom stereocenters. The van der Waals surface area contributed by atoms with Gasteiger partial charge in [-0.3, -0.25) is 0 Å². The quantitative estimate of drug-likeness (QED) is 0.918. The molecule has 0 amide bonds. The van der Waals surface area contributed by atoms with Crippen LogP contribution in [0.25, 0.3) is 0 Å². The highest BCUT2D eigenvalue weighted by atomic mass is 35.5. The fourth-order valence-electron chi connectivity index (χ4n) is 1.30. The van der Waals surface area contributed by atoms with E-state index in [1.807, 2.05) is 20.8 Å². The summed E-state index contributed by atoms with van der Waals surface area (Å²) in [5.41, 5.74) is 0. The number of anilines is 1. The molecular formula is C11H14ClN5O. The van der Waals surface area contributed by atoms with E-state index in [2.05, 4.69) is 25.4 Å². The Hall–Kier alpha value is -1.69. The molecule has 0 aromatic carbocycles. The average molecular weight is 268 g/mol. The van der Waals surface area contributed by atoms with Crippen LogP contribution in [0.5, 0.6) is 0 Å². The molecule has 2 aromatic heterocycles. The minimum Gasteiger partial charge on any atom is -0.343 e. The Morgan fingerprint density at radius 1 is 1.22 bits per heavy atom. The maximum absolute atomic E-state index is 5.71. The average Bonchev–Trinajstić information content (AvgIpc) is 2.81. The molecule has 0 aliphatic heterocycles. The van der Waals surface area contributed by atoms with Crippen molar-refractivity contribution >= 4 is 17.5 Å². The van der Waals surface area contributed by atoms with Crippen molar-refractivity contribution in [2.45, 2.75) is 32.7 Å². The van der Waals surface area contributed by atoms with Gasteiger partial charge in [-0.15, -0.1) is 0 Å². The molecule has 7 heteroatoms. The number of aromatic nitrogens is 4. The van der Waals surface area contributed by atoms with Crippen molar-refractivity contribution < 1.29 is 4.52 Å².